The van der Waals surface area contributed by atoms with Gasteiger partial charge in [0.1, 0.15) is 24.2 Å². The molecule has 0 spiro atoms. The molecule has 10 amide bonds. The van der Waals surface area contributed by atoms with Crippen LogP contribution in [0.1, 0.15) is 212 Å². The summed E-state index contributed by atoms with van der Waals surface area (Å²) in [5, 5.41) is 22.7. The highest BCUT2D eigenvalue weighted by Gasteiger charge is 2.55. The molecule has 27 heteroatoms. The molecule has 0 aromatic carbocycles. The highest BCUT2D eigenvalue weighted by molar-refractivity contribution is 7.92. The third-order valence-corrected chi connectivity index (χ3v) is 26.0. The van der Waals surface area contributed by atoms with E-state index in [1.165, 1.54) is 22.0 Å². The van der Waals surface area contributed by atoms with Crippen molar-refractivity contribution in [3.05, 3.63) is 25.3 Å². The van der Waals surface area contributed by atoms with Crippen LogP contribution in [0.2, 0.25) is 0 Å². The minimum absolute atomic E-state index is 0.00818. The lowest BCUT2D eigenvalue weighted by molar-refractivity contribution is -0.145. The van der Waals surface area contributed by atoms with Crippen LogP contribution >= 0.6 is 0 Å². The van der Waals surface area contributed by atoms with Gasteiger partial charge in [-0.15, -0.1) is 13.2 Å². The second kappa shape index (κ2) is 33.5. The van der Waals surface area contributed by atoms with Gasteiger partial charge in [-0.05, 0) is 125 Å². The van der Waals surface area contributed by atoms with Gasteiger partial charge < -0.3 is 57.1 Å². The van der Waals surface area contributed by atoms with E-state index in [2.05, 4.69) is 55.7 Å². The van der Waals surface area contributed by atoms with E-state index in [4.69, 9.17) is 4.74 Å². The molecule has 0 aromatic heterocycles. The van der Waals surface area contributed by atoms with Gasteiger partial charge >= 0.3 is 12.1 Å². The molecule has 6 rings (SSSR count). The number of sulfone groups is 2. The SMILES string of the molecule is C=CCNC(=O)C(=O)[C@H](CC1CC1)NC(=O)[C@@H]1C(C(C)C)CCN1C(=O)[C@@H](NC(=O)NC1(CS(=O)(=O)C(C)(C)C)CCCCC1)C(C)(C)CC[C@H](C)C1CCN(C(=O)[C@@H](NC(=O)NC2([C@@H]3OCCS3(=O)=O)CCCCC2)C(C)(C)C)[C@@H]1C(=O)N[C@@H](CCCC)C(=O)C(=O)NCC=C. The van der Waals surface area contributed by atoms with Gasteiger partial charge in [0, 0.05) is 26.2 Å². The topological polar surface area (TPSA) is 351 Å². The molecular formula is C70H116N10O15S2. The van der Waals surface area contributed by atoms with Crippen LogP contribution < -0.4 is 42.5 Å². The lowest BCUT2D eigenvalue weighted by atomic mass is 9.74. The molecule has 8 N–H and O–H groups in total. The summed E-state index contributed by atoms with van der Waals surface area (Å²) in [7, 11) is -7.55. The number of unbranched alkanes of at least 4 members (excludes halogenated alkanes) is 1. The van der Waals surface area contributed by atoms with Crippen molar-refractivity contribution in [1.82, 2.24) is 52.3 Å². The first kappa shape index (κ1) is 80.0. The van der Waals surface area contributed by atoms with Crippen molar-refractivity contribution >= 4 is 78.7 Å². The fraction of sp³-hybridized carbons (Fsp3) is 0.800. The number of hydrogen-bond acceptors (Lipinski definition) is 15. The molecule has 3 heterocycles. The maximum atomic E-state index is 16.0. The van der Waals surface area contributed by atoms with Gasteiger partial charge in [0.25, 0.3) is 11.8 Å². The average Bonchev–Trinajstić information content (AvgIpc) is 1.76. The smallest absolute Gasteiger partial charge is 0.316 e. The Morgan fingerprint density at radius 1 is 0.639 bits per heavy atom. The molecule has 10 atom stereocenters. The van der Waals surface area contributed by atoms with Crippen molar-refractivity contribution in [2.24, 2.45) is 40.4 Å². The van der Waals surface area contributed by atoms with E-state index in [1.807, 2.05) is 27.7 Å². The number of rotatable bonds is 32. The van der Waals surface area contributed by atoms with E-state index in [0.29, 0.717) is 70.6 Å². The number of likely N-dealkylation sites (tertiary alicyclic amines) is 2. The third kappa shape index (κ3) is 20.4. The Kier molecular flexibility index (Phi) is 27.6. The minimum Gasteiger partial charge on any atom is -0.359 e. The number of carbonyl (C=O) groups is 10. The summed E-state index contributed by atoms with van der Waals surface area (Å²) in [5.41, 5.74) is -5.96. The number of amides is 10. The Hall–Kier alpha value is -5.96. The number of urea groups is 2. The van der Waals surface area contributed by atoms with Crippen molar-refractivity contribution in [2.45, 2.75) is 269 Å². The molecule has 2 unspecified atom stereocenters. The molecule has 6 aliphatic rings. The molecule has 6 fully saturated rings. The maximum absolute atomic E-state index is 16.0. The van der Waals surface area contributed by atoms with Crippen LogP contribution in [0, 0.1) is 40.4 Å². The Morgan fingerprint density at radius 2 is 1.13 bits per heavy atom. The van der Waals surface area contributed by atoms with Gasteiger partial charge in [-0.1, -0.05) is 139 Å². The summed E-state index contributed by atoms with van der Waals surface area (Å²) in [6.07, 6.45) is 12.5. The molecule has 3 aliphatic heterocycles. The van der Waals surface area contributed by atoms with Crippen molar-refractivity contribution in [1.29, 1.82) is 0 Å². The monoisotopic (exact) mass is 1400 g/mol. The van der Waals surface area contributed by atoms with Crippen LogP contribution in [0.15, 0.2) is 25.3 Å². The van der Waals surface area contributed by atoms with Crippen LogP contribution in [-0.2, 0) is 62.8 Å². The number of nitrogens with one attached hydrogen (secondary N) is 8. The number of hydrogen-bond donors (Lipinski definition) is 8. The van der Waals surface area contributed by atoms with Crippen molar-refractivity contribution < 1.29 is 69.5 Å². The third-order valence-electron chi connectivity index (χ3n) is 21.3. The molecule has 548 valence electrons. The largest absolute Gasteiger partial charge is 0.359 e. The zero-order valence-electron chi connectivity index (χ0n) is 59.9. The summed E-state index contributed by atoms with van der Waals surface area (Å²) in [6, 6.07) is -9.21. The summed E-state index contributed by atoms with van der Waals surface area (Å²) >= 11 is 0. The maximum Gasteiger partial charge on any atom is 0.316 e. The van der Waals surface area contributed by atoms with Crippen LogP contribution in [0.25, 0.3) is 0 Å². The van der Waals surface area contributed by atoms with E-state index in [0.717, 1.165) is 25.7 Å². The van der Waals surface area contributed by atoms with E-state index in [-0.39, 0.29) is 88.2 Å². The number of carbonyl (C=O) groups excluding carboxylic acids is 10. The molecular weight excluding hydrogens is 1280 g/mol. The van der Waals surface area contributed by atoms with E-state index in [1.54, 1.807) is 55.4 Å². The van der Waals surface area contributed by atoms with Gasteiger partial charge in [-0.25, -0.2) is 26.4 Å². The first-order valence-electron chi connectivity index (χ1n) is 35.6. The van der Waals surface area contributed by atoms with Crippen molar-refractivity contribution in [3.63, 3.8) is 0 Å². The quantitative estimate of drug-likeness (QED) is 0.0283. The lowest BCUT2D eigenvalue weighted by Gasteiger charge is -2.42. The summed E-state index contributed by atoms with van der Waals surface area (Å²) in [5.74, 6) is -8.28. The number of nitrogens with zero attached hydrogens (tertiary/aromatic N) is 2. The molecule has 0 bridgehead atoms. The van der Waals surface area contributed by atoms with E-state index >= 15 is 14.4 Å². The first-order chi connectivity index (χ1) is 45.3. The number of ketones is 2. The van der Waals surface area contributed by atoms with Crippen LogP contribution in [-0.4, -0.2) is 188 Å². The van der Waals surface area contributed by atoms with Crippen molar-refractivity contribution in [2.75, 3.05) is 44.3 Å². The second-order valence-electron chi connectivity index (χ2n) is 31.7. The second-order valence-corrected chi connectivity index (χ2v) is 36.6. The van der Waals surface area contributed by atoms with Gasteiger partial charge in [0.05, 0.1) is 46.0 Å². The highest BCUT2D eigenvalue weighted by Crippen LogP contribution is 2.42. The fourth-order valence-electron chi connectivity index (χ4n) is 15.1. The Labute approximate surface area is 576 Å². The molecule has 97 heavy (non-hydrogen) atoms. The van der Waals surface area contributed by atoms with Crippen LogP contribution in [0.5, 0.6) is 0 Å². The first-order valence-corrected chi connectivity index (χ1v) is 39.0. The minimum atomic E-state index is -3.80. The predicted molar refractivity (Wildman–Crippen MR) is 370 cm³/mol. The van der Waals surface area contributed by atoms with Gasteiger partial charge in [0.2, 0.25) is 35.2 Å². The number of Topliss-reactive ketones (excluding diaryl/α,β-unsaturated/α-hetero) is 2. The van der Waals surface area contributed by atoms with Crippen molar-refractivity contribution in [3.8, 4) is 0 Å². The Balaban J connectivity index is 1.37. The standard InChI is InChI=1S/C70H116N10O15S2/c1-15-18-25-49(53(81)59(85)71-36-16-2)73-58(84)52-48(30-39-80(52)61(87)55(66(7,8)9)75-65(90)78-70(33-23-20-24-34-70)63-95-40-41-96(63,91)92)45(6)28-35-68(13,14)56(76-64(89)77-69(31-21-19-22-32-69)43-97(93,94)67(10,11)12)62(88)79-38-29-47(44(4)5)51(79)57(83)74-50(42-46-26-27-46)54(82)60(86)72-37-17-3/h16-17,44-52,55-56,63H,2-3,15,18-43H2,1,4-14H3,(H,71,85)(H,72,86)(H,73,84)(H,74,83)(H2,75,78,90)(H2,76,77,89)/t45-,47?,48?,49-,50-,51-,52-,55+,56+,63+/m0/s1. The van der Waals surface area contributed by atoms with E-state index in [9.17, 15) is 50.4 Å². The van der Waals surface area contributed by atoms with E-state index < -0.39 is 165 Å². The zero-order chi connectivity index (χ0) is 72.2. The van der Waals surface area contributed by atoms with Gasteiger partial charge in [0.15, 0.2) is 25.1 Å². The molecule has 3 saturated heterocycles. The highest BCUT2D eigenvalue weighted by atomic mass is 32.2. The summed E-state index contributed by atoms with van der Waals surface area (Å²) < 4.78 is 59.5. The zero-order valence-corrected chi connectivity index (χ0v) is 61.6. The summed E-state index contributed by atoms with van der Waals surface area (Å²) in [6.45, 7) is 28.7. The van der Waals surface area contributed by atoms with Crippen LogP contribution in [0.4, 0.5) is 9.59 Å². The lowest BCUT2D eigenvalue weighted by Crippen LogP contribution is -2.65. The predicted octanol–water partition coefficient (Wildman–Crippen LogP) is 5.99. The molecule has 3 saturated carbocycles. The molecule has 0 radical (unpaired) electrons. The molecule has 3 aliphatic carbocycles. The molecule has 0 aromatic rings. The van der Waals surface area contributed by atoms with Gasteiger partial charge in [-0.3, -0.25) is 38.4 Å². The average molecular weight is 1400 g/mol. The Bertz CT molecular complexity index is 3110. The normalized spacial score (nSPS) is 24.1. The molecule has 25 nitrogen and oxygen atoms in total. The fourth-order valence-corrected chi connectivity index (χ4v) is 18.4. The number of ether oxygens (including phenoxy) is 1. The summed E-state index contributed by atoms with van der Waals surface area (Å²) in [4.78, 5) is 148. The van der Waals surface area contributed by atoms with Gasteiger partial charge in [-0.2, -0.15) is 0 Å². The Morgan fingerprint density at radius 3 is 1.63 bits per heavy atom. The van der Waals surface area contributed by atoms with Crippen LogP contribution in [0.3, 0.4) is 0 Å².